The summed E-state index contributed by atoms with van der Waals surface area (Å²) in [6.07, 6.45) is 1.78. The van der Waals surface area contributed by atoms with Crippen LogP contribution in [0.5, 0.6) is 0 Å². The molecule has 4 heteroatoms. The van der Waals surface area contributed by atoms with Crippen molar-refractivity contribution in [3.8, 4) is 0 Å². The average Bonchev–Trinajstić information content (AvgIpc) is 2.06. The zero-order valence-electron chi connectivity index (χ0n) is 8.67. The number of nitrogens with zero attached hydrogens (tertiary/aromatic N) is 1. The van der Waals surface area contributed by atoms with Gasteiger partial charge in [0.2, 0.25) is 0 Å². The third-order valence-corrected chi connectivity index (χ3v) is 3.03. The van der Waals surface area contributed by atoms with Gasteiger partial charge in [0.05, 0.1) is 5.02 Å². The van der Waals surface area contributed by atoms with E-state index in [9.17, 15) is 0 Å². The summed E-state index contributed by atoms with van der Waals surface area (Å²) in [6.45, 7) is 6.87. The third kappa shape index (κ3) is 3.48. The standard InChI is InChI=1S/C10H15ClN2S/c1-10(2,3)14-9-8(11)4-7(5-12)6-13-9/h4,6H,5,12H2,1-3H3. The molecule has 0 fully saturated rings. The summed E-state index contributed by atoms with van der Waals surface area (Å²) in [6, 6.07) is 1.88. The number of thioether (sulfide) groups is 1. The highest BCUT2D eigenvalue weighted by Crippen LogP contribution is 2.34. The first-order chi connectivity index (χ1) is 6.42. The van der Waals surface area contributed by atoms with Crippen molar-refractivity contribution in [2.24, 2.45) is 5.73 Å². The highest BCUT2D eigenvalue weighted by atomic mass is 35.5. The molecule has 0 aliphatic heterocycles. The molecule has 0 aromatic carbocycles. The smallest absolute Gasteiger partial charge is 0.115 e. The zero-order valence-corrected chi connectivity index (χ0v) is 10.2. The van der Waals surface area contributed by atoms with Gasteiger partial charge < -0.3 is 5.73 Å². The minimum Gasteiger partial charge on any atom is -0.326 e. The third-order valence-electron chi connectivity index (χ3n) is 1.50. The molecule has 78 valence electrons. The summed E-state index contributed by atoms with van der Waals surface area (Å²) in [5, 5.41) is 1.56. The van der Waals surface area contributed by atoms with Crippen LogP contribution in [0.3, 0.4) is 0 Å². The monoisotopic (exact) mass is 230 g/mol. The topological polar surface area (TPSA) is 38.9 Å². The molecule has 0 aliphatic carbocycles. The fourth-order valence-electron chi connectivity index (χ4n) is 0.942. The van der Waals surface area contributed by atoms with Crippen LogP contribution in [-0.4, -0.2) is 9.73 Å². The van der Waals surface area contributed by atoms with Crippen molar-refractivity contribution < 1.29 is 0 Å². The number of pyridine rings is 1. The number of hydrogen-bond acceptors (Lipinski definition) is 3. The lowest BCUT2D eigenvalue weighted by atomic mass is 10.3. The molecule has 0 spiro atoms. The molecule has 14 heavy (non-hydrogen) atoms. The van der Waals surface area contributed by atoms with Crippen LogP contribution in [0, 0.1) is 0 Å². The van der Waals surface area contributed by atoms with Crippen molar-refractivity contribution in [3.63, 3.8) is 0 Å². The predicted molar refractivity (Wildman–Crippen MR) is 62.7 cm³/mol. The Kier molecular flexibility index (Phi) is 3.81. The summed E-state index contributed by atoms with van der Waals surface area (Å²) >= 11 is 7.74. The molecule has 1 aromatic rings. The molecule has 0 amide bonds. The average molecular weight is 231 g/mol. The summed E-state index contributed by atoms with van der Waals surface area (Å²) in [5.74, 6) is 0. The van der Waals surface area contributed by atoms with Crippen LogP contribution >= 0.6 is 23.4 Å². The Labute approximate surface area is 94.2 Å². The lowest BCUT2D eigenvalue weighted by Crippen LogP contribution is -2.08. The number of aromatic nitrogens is 1. The first-order valence-corrected chi connectivity index (χ1v) is 5.65. The molecule has 0 atom stereocenters. The van der Waals surface area contributed by atoms with Gasteiger partial charge in [0.1, 0.15) is 5.03 Å². The Balaban J connectivity index is 2.89. The fourth-order valence-corrected chi connectivity index (χ4v) is 2.09. The molecule has 0 saturated carbocycles. The molecule has 0 bridgehead atoms. The van der Waals surface area contributed by atoms with E-state index in [0.29, 0.717) is 11.6 Å². The number of rotatable bonds is 2. The zero-order chi connectivity index (χ0) is 10.8. The van der Waals surface area contributed by atoms with E-state index < -0.39 is 0 Å². The van der Waals surface area contributed by atoms with Gasteiger partial charge in [0.15, 0.2) is 0 Å². The molecular formula is C10H15ClN2S. The van der Waals surface area contributed by atoms with Gasteiger partial charge in [-0.3, -0.25) is 0 Å². The molecule has 1 aromatic heterocycles. The minimum atomic E-state index is 0.126. The second kappa shape index (κ2) is 4.51. The normalized spacial score (nSPS) is 11.8. The Morgan fingerprint density at radius 2 is 2.14 bits per heavy atom. The van der Waals surface area contributed by atoms with Crippen molar-refractivity contribution in [1.82, 2.24) is 4.98 Å². The molecule has 0 radical (unpaired) electrons. The molecule has 2 N–H and O–H groups in total. The van der Waals surface area contributed by atoms with E-state index in [-0.39, 0.29) is 4.75 Å². The van der Waals surface area contributed by atoms with Crippen LogP contribution in [0.2, 0.25) is 5.02 Å². The SMILES string of the molecule is CC(C)(C)Sc1ncc(CN)cc1Cl. The molecule has 0 saturated heterocycles. The van der Waals surface area contributed by atoms with Crippen LogP contribution < -0.4 is 5.73 Å². The predicted octanol–water partition coefficient (Wildman–Crippen LogP) is 3.08. The Morgan fingerprint density at radius 1 is 1.50 bits per heavy atom. The maximum atomic E-state index is 6.08. The van der Waals surface area contributed by atoms with Crippen molar-refractivity contribution in [3.05, 3.63) is 22.8 Å². The molecule has 1 rings (SSSR count). The second-order valence-corrected chi connectivity index (χ2v) is 6.27. The molecule has 0 aliphatic rings. The molecule has 0 unspecified atom stereocenters. The van der Waals surface area contributed by atoms with Gasteiger partial charge in [-0.2, -0.15) is 0 Å². The fraction of sp³-hybridized carbons (Fsp3) is 0.500. The highest BCUT2D eigenvalue weighted by molar-refractivity contribution is 8.00. The van der Waals surface area contributed by atoms with Crippen LogP contribution in [0.15, 0.2) is 17.3 Å². The first kappa shape index (κ1) is 11.8. The van der Waals surface area contributed by atoms with E-state index >= 15 is 0 Å². The van der Waals surface area contributed by atoms with E-state index in [1.807, 2.05) is 6.07 Å². The van der Waals surface area contributed by atoms with E-state index in [2.05, 4.69) is 25.8 Å². The quantitative estimate of drug-likeness (QED) is 0.794. The van der Waals surface area contributed by atoms with E-state index in [4.69, 9.17) is 17.3 Å². The van der Waals surface area contributed by atoms with Gasteiger partial charge in [-0.05, 0) is 11.6 Å². The van der Waals surface area contributed by atoms with Crippen LogP contribution in [-0.2, 0) is 6.54 Å². The molecule has 2 nitrogen and oxygen atoms in total. The van der Waals surface area contributed by atoms with E-state index in [0.717, 1.165) is 10.6 Å². The Hall–Kier alpha value is -0.250. The molecule has 1 heterocycles. The lowest BCUT2D eigenvalue weighted by Gasteiger charge is -2.17. The van der Waals surface area contributed by atoms with Crippen LogP contribution in [0.1, 0.15) is 26.3 Å². The van der Waals surface area contributed by atoms with Crippen molar-refractivity contribution in [1.29, 1.82) is 0 Å². The number of nitrogens with two attached hydrogens (primary N) is 1. The summed E-state index contributed by atoms with van der Waals surface area (Å²) < 4.78 is 0.126. The largest absolute Gasteiger partial charge is 0.326 e. The lowest BCUT2D eigenvalue weighted by molar-refractivity contribution is 0.799. The van der Waals surface area contributed by atoms with E-state index in [1.54, 1.807) is 18.0 Å². The number of halogens is 1. The van der Waals surface area contributed by atoms with Gasteiger partial charge in [-0.25, -0.2) is 4.98 Å². The van der Waals surface area contributed by atoms with E-state index in [1.165, 1.54) is 0 Å². The van der Waals surface area contributed by atoms with Gasteiger partial charge in [0.25, 0.3) is 0 Å². The van der Waals surface area contributed by atoms with Crippen molar-refractivity contribution >= 4 is 23.4 Å². The maximum absolute atomic E-state index is 6.08. The second-order valence-electron chi connectivity index (χ2n) is 4.05. The molecular weight excluding hydrogens is 216 g/mol. The van der Waals surface area contributed by atoms with Gasteiger partial charge >= 0.3 is 0 Å². The first-order valence-electron chi connectivity index (χ1n) is 4.46. The van der Waals surface area contributed by atoms with Crippen LogP contribution in [0.25, 0.3) is 0 Å². The van der Waals surface area contributed by atoms with Gasteiger partial charge in [-0.15, -0.1) is 0 Å². The Morgan fingerprint density at radius 3 is 2.57 bits per heavy atom. The Bertz CT molecular complexity index is 320. The van der Waals surface area contributed by atoms with Crippen molar-refractivity contribution in [2.75, 3.05) is 0 Å². The summed E-state index contributed by atoms with van der Waals surface area (Å²) in [7, 11) is 0. The number of hydrogen-bond donors (Lipinski definition) is 1. The maximum Gasteiger partial charge on any atom is 0.115 e. The van der Waals surface area contributed by atoms with Crippen LogP contribution in [0.4, 0.5) is 0 Å². The summed E-state index contributed by atoms with van der Waals surface area (Å²) in [5.41, 5.74) is 6.46. The minimum absolute atomic E-state index is 0.126. The summed E-state index contributed by atoms with van der Waals surface area (Å²) in [4.78, 5) is 4.29. The van der Waals surface area contributed by atoms with Crippen molar-refractivity contribution in [2.45, 2.75) is 37.1 Å². The van der Waals surface area contributed by atoms with Gasteiger partial charge in [0, 0.05) is 17.5 Å². The van der Waals surface area contributed by atoms with Gasteiger partial charge in [-0.1, -0.05) is 44.1 Å². The highest BCUT2D eigenvalue weighted by Gasteiger charge is 2.15.